The van der Waals surface area contributed by atoms with Crippen molar-refractivity contribution < 1.29 is 9.53 Å². The zero-order valence-corrected chi connectivity index (χ0v) is 14.8. The highest BCUT2D eigenvalue weighted by Gasteiger charge is 2.29. The molecule has 132 valence electrons. The van der Waals surface area contributed by atoms with Crippen molar-refractivity contribution in [1.29, 1.82) is 0 Å². The molecule has 0 bridgehead atoms. The van der Waals surface area contributed by atoms with Gasteiger partial charge in [-0.05, 0) is 29.2 Å². The van der Waals surface area contributed by atoms with Gasteiger partial charge in [0.2, 0.25) is 5.91 Å². The van der Waals surface area contributed by atoms with Gasteiger partial charge < -0.3 is 15.0 Å². The minimum atomic E-state index is 0.0415. The Labute approximate surface area is 149 Å². The second-order valence-electron chi connectivity index (χ2n) is 6.44. The van der Waals surface area contributed by atoms with Crippen molar-refractivity contribution in [3.63, 3.8) is 0 Å². The van der Waals surface area contributed by atoms with Crippen LogP contribution in [0.4, 0.5) is 0 Å². The van der Waals surface area contributed by atoms with E-state index in [1.54, 1.807) is 13.3 Å². The molecule has 1 saturated heterocycles. The van der Waals surface area contributed by atoms with Crippen molar-refractivity contribution in [1.82, 2.24) is 15.2 Å². The van der Waals surface area contributed by atoms with Crippen LogP contribution in [-0.4, -0.2) is 42.5 Å². The van der Waals surface area contributed by atoms with E-state index < -0.39 is 0 Å². The lowest BCUT2D eigenvalue weighted by atomic mass is 9.95. The Kier molecular flexibility index (Phi) is 5.66. The summed E-state index contributed by atoms with van der Waals surface area (Å²) < 4.78 is 5.44. The number of piperazine rings is 1. The van der Waals surface area contributed by atoms with E-state index in [0.717, 1.165) is 36.5 Å². The maximum Gasteiger partial charge on any atom is 0.223 e. The first-order valence-electron chi connectivity index (χ1n) is 8.73. The predicted molar refractivity (Wildman–Crippen MR) is 97.6 cm³/mol. The van der Waals surface area contributed by atoms with Crippen LogP contribution in [0.25, 0.3) is 0 Å². The van der Waals surface area contributed by atoms with Crippen LogP contribution in [0.2, 0.25) is 0 Å². The van der Waals surface area contributed by atoms with Crippen molar-refractivity contribution in [3.8, 4) is 5.75 Å². The fourth-order valence-electron chi connectivity index (χ4n) is 3.44. The third kappa shape index (κ3) is 3.99. The summed E-state index contributed by atoms with van der Waals surface area (Å²) in [6, 6.07) is 11.9. The topological polar surface area (TPSA) is 54.5 Å². The van der Waals surface area contributed by atoms with Crippen LogP contribution >= 0.6 is 0 Å². The van der Waals surface area contributed by atoms with Gasteiger partial charge in [-0.3, -0.25) is 9.78 Å². The van der Waals surface area contributed by atoms with Crippen LogP contribution in [0.5, 0.6) is 5.75 Å². The molecule has 5 nitrogen and oxygen atoms in total. The monoisotopic (exact) mass is 339 g/mol. The number of hydrogen-bond donors (Lipinski definition) is 1. The Morgan fingerprint density at radius 1 is 1.36 bits per heavy atom. The molecule has 3 rings (SSSR count). The number of carbonyl (C=O) groups is 1. The molecule has 2 unspecified atom stereocenters. The van der Waals surface area contributed by atoms with Gasteiger partial charge in [0, 0.05) is 38.4 Å². The average molecular weight is 339 g/mol. The van der Waals surface area contributed by atoms with Crippen molar-refractivity contribution >= 4 is 5.91 Å². The number of benzene rings is 1. The van der Waals surface area contributed by atoms with Crippen LogP contribution in [0.1, 0.15) is 36.4 Å². The van der Waals surface area contributed by atoms with E-state index in [1.807, 2.05) is 47.5 Å². The third-order valence-corrected chi connectivity index (χ3v) is 4.78. The van der Waals surface area contributed by atoms with Crippen molar-refractivity contribution in [2.75, 3.05) is 26.7 Å². The number of hydrogen-bond acceptors (Lipinski definition) is 4. The molecule has 0 spiro atoms. The van der Waals surface area contributed by atoms with Gasteiger partial charge in [-0.1, -0.05) is 31.2 Å². The molecule has 25 heavy (non-hydrogen) atoms. The van der Waals surface area contributed by atoms with Gasteiger partial charge in [0.15, 0.2) is 0 Å². The summed E-state index contributed by atoms with van der Waals surface area (Å²) in [5.41, 5.74) is 2.15. The number of aromatic nitrogens is 1. The van der Waals surface area contributed by atoms with Crippen LogP contribution in [0.3, 0.4) is 0 Å². The Morgan fingerprint density at radius 3 is 2.96 bits per heavy atom. The fourth-order valence-corrected chi connectivity index (χ4v) is 3.44. The van der Waals surface area contributed by atoms with Gasteiger partial charge in [0.1, 0.15) is 5.75 Å². The quantitative estimate of drug-likeness (QED) is 0.910. The molecule has 1 aliphatic rings. The van der Waals surface area contributed by atoms with Crippen LogP contribution in [0.15, 0.2) is 48.8 Å². The molecular weight excluding hydrogens is 314 g/mol. The van der Waals surface area contributed by atoms with Crippen LogP contribution in [-0.2, 0) is 4.79 Å². The highest BCUT2D eigenvalue weighted by molar-refractivity contribution is 5.78. The number of nitrogens with zero attached hydrogens (tertiary/aromatic N) is 2. The van der Waals surface area contributed by atoms with Crippen molar-refractivity contribution in [2.24, 2.45) is 0 Å². The van der Waals surface area contributed by atoms with Gasteiger partial charge in [-0.25, -0.2) is 0 Å². The Bertz CT molecular complexity index is 705. The number of pyridine rings is 1. The lowest BCUT2D eigenvalue weighted by molar-refractivity contribution is -0.134. The highest BCUT2D eigenvalue weighted by atomic mass is 16.5. The first-order chi connectivity index (χ1) is 12.2. The van der Waals surface area contributed by atoms with Gasteiger partial charge >= 0.3 is 0 Å². The van der Waals surface area contributed by atoms with E-state index in [4.69, 9.17) is 4.74 Å². The molecule has 2 atom stereocenters. The normalized spacial score (nSPS) is 18.6. The molecule has 2 aromatic rings. The maximum absolute atomic E-state index is 13.0. The predicted octanol–water partition coefficient (Wildman–Crippen LogP) is 2.76. The number of carbonyl (C=O) groups excluding carboxylic acids is 1. The minimum Gasteiger partial charge on any atom is -0.496 e. The molecule has 5 heteroatoms. The summed E-state index contributed by atoms with van der Waals surface area (Å²) in [7, 11) is 1.67. The summed E-state index contributed by atoms with van der Waals surface area (Å²) in [5, 5.41) is 3.38. The molecule has 1 fully saturated rings. The molecule has 1 N–H and O–H groups in total. The van der Waals surface area contributed by atoms with E-state index in [-0.39, 0.29) is 17.9 Å². The molecule has 2 heterocycles. The Morgan fingerprint density at radius 2 is 2.20 bits per heavy atom. The Balaban J connectivity index is 1.74. The number of ether oxygens (including phenoxy) is 1. The smallest absolute Gasteiger partial charge is 0.223 e. The minimum absolute atomic E-state index is 0.0415. The largest absolute Gasteiger partial charge is 0.496 e. The second kappa shape index (κ2) is 8.12. The van der Waals surface area contributed by atoms with Crippen molar-refractivity contribution in [3.05, 3.63) is 59.9 Å². The number of nitrogens with one attached hydrogen (secondary N) is 1. The van der Waals surface area contributed by atoms with Crippen LogP contribution in [0, 0.1) is 0 Å². The number of para-hydroxylation sites is 1. The van der Waals surface area contributed by atoms with Gasteiger partial charge in [-0.2, -0.15) is 0 Å². The highest BCUT2D eigenvalue weighted by Crippen LogP contribution is 2.30. The zero-order valence-electron chi connectivity index (χ0n) is 14.8. The lowest BCUT2D eigenvalue weighted by Crippen LogP contribution is -2.48. The summed E-state index contributed by atoms with van der Waals surface area (Å²) >= 11 is 0. The molecule has 0 aliphatic carbocycles. The summed E-state index contributed by atoms with van der Waals surface area (Å²) in [6.07, 6.45) is 4.08. The molecule has 1 aromatic carbocycles. The SMILES string of the molecule is COc1ccccc1C(C)CC(=O)N1CCNCC1c1cccnc1. The van der Waals surface area contributed by atoms with Crippen molar-refractivity contribution in [2.45, 2.75) is 25.3 Å². The van der Waals surface area contributed by atoms with E-state index >= 15 is 0 Å². The van der Waals surface area contributed by atoms with Crippen LogP contribution < -0.4 is 10.1 Å². The zero-order chi connectivity index (χ0) is 17.6. The van der Waals surface area contributed by atoms with E-state index in [1.165, 1.54) is 0 Å². The summed E-state index contributed by atoms with van der Waals surface area (Å²) in [6.45, 7) is 4.39. The third-order valence-electron chi connectivity index (χ3n) is 4.78. The molecule has 1 aromatic heterocycles. The molecule has 1 aliphatic heterocycles. The van der Waals surface area contributed by atoms with E-state index in [2.05, 4.69) is 17.2 Å². The molecule has 1 amide bonds. The average Bonchev–Trinajstić information content (AvgIpc) is 2.68. The first kappa shape index (κ1) is 17.4. The lowest BCUT2D eigenvalue weighted by Gasteiger charge is -2.37. The molecule has 0 radical (unpaired) electrons. The number of methoxy groups -OCH3 is 1. The second-order valence-corrected chi connectivity index (χ2v) is 6.44. The van der Waals surface area contributed by atoms with Gasteiger partial charge in [0.05, 0.1) is 13.2 Å². The number of amides is 1. The summed E-state index contributed by atoms with van der Waals surface area (Å²) in [4.78, 5) is 19.2. The standard InChI is InChI=1S/C20H25N3O2/c1-15(17-7-3-4-8-19(17)25-2)12-20(24)23-11-10-22-14-18(23)16-6-5-9-21-13-16/h3-9,13,15,18,22H,10-12,14H2,1-2H3. The Hall–Kier alpha value is -2.40. The van der Waals surface area contributed by atoms with Gasteiger partial charge in [-0.15, -0.1) is 0 Å². The van der Waals surface area contributed by atoms with E-state index in [9.17, 15) is 4.79 Å². The fraction of sp³-hybridized carbons (Fsp3) is 0.400. The number of rotatable bonds is 5. The molecule has 0 saturated carbocycles. The first-order valence-corrected chi connectivity index (χ1v) is 8.73. The summed E-state index contributed by atoms with van der Waals surface area (Å²) in [5.74, 6) is 1.12. The van der Waals surface area contributed by atoms with E-state index in [0.29, 0.717) is 6.42 Å². The maximum atomic E-state index is 13.0. The molecular formula is C20H25N3O2. The van der Waals surface area contributed by atoms with Gasteiger partial charge in [0.25, 0.3) is 0 Å².